The molecule has 11 heteroatoms. The first kappa shape index (κ1) is 25.3. The fraction of sp³-hybridized carbons (Fsp3) is 0.458. The van der Waals surface area contributed by atoms with Gasteiger partial charge in [-0.2, -0.15) is 5.10 Å². The first-order chi connectivity index (χ1) is 16.7. The van der Waals surface area contributed by atoms with E-state index in [1.165, 1.54) is 6.21 Å². The molecule has 3 atom stereocenters. The molecule has 3 N–H and O–H groups in total. The molecule has 0 spiro atoms. The lowest BCUT2D eigenvalue weighted by Crippen LogP contribution is -2.39. The molecule has 4 rings (SSSR count). The van der Waals surface area contributed by atoms with Gasteiger partial charge in [-0.3, -0.25) is 10.2 Å². The molecule has 0 bridgehead atoms. The Morgan fingerprint density at radius 1 is 1.26 bits per heavy atom. The number of halogens is 2. The summed E-state index contributed by atoms with van der Waals surface area (Å²) in [5.41, 5.74) is 2.47. The predicted molar refractivity (Wildman–Crippen MR) is 136 cm³/mol. The number of rotatable bonds is 5. The third-order valence-corrected chi connectivity index (χ3v) is 7.13. The zero-order valence-corrected chi connectivity index (χ0v) is 21.2. The van der Waals surface area contributed by atoms with Crippen molar-refractivity contribution in [1.29, 1.82) is 10.8 Å². The fourth-order valence-corrected chi connectivity index (χ4v) is 4.98. The molecule has 0 unspecified atom stereocenters. The Kier molecular flexibility index (Phi) is 7.59. The van der Waals surface area contributed by atoms with Crippen molar-refractivity contribution in [2.75, 3.05) is 19.6 Å². The number of aromatic nitrogens is 3. The van der Waals surface area contributed by atoms with Gasteiger partial charge in [0, 0.05) is 49.2 Å². The third kappa shape index (κ3) is 5.27. The summed E-state index contributed by atoms with van der Waals surface area (Å²) < 4.78 is 1.72. The number of nitrogens with one attached hydrogen (secondary N) is 2. The molecule has 4 heterocycles. The minimum atomic E-state index is -0.643. The molecule has 35 heavy (non-hydrogen) atoms. The minimum Gasteiger partial charge on any atom is -0.391 e. The number of amidine groups is 1. The van der Waals surface area contributed by atoms with E-state index in [0.717, 1.165) is 30.7 Å². The number of amides is 1. The number of carbonyl (C=O) groups excluding carboxylic acids is 1. The van der Waals surface area contributed by atoms with Crippen molar-refractivity contribution < 1.29 is 9.90 Å². The van der Waals surface area contributed by atoms with E-state index in [9.17, 15) is 9.90 Å². The van der Waals surface area contributed by atoms with E-state index in [4.69, 9.17) is 39.1 Å². The van der Waals surface area contributed by atoms with Crippen LogP contribution in [0.15, 0.2) is 23.8 Å². The van der Waals surface area contributed by atoms with Gasteiger partial charge in [-0.25, -0.2) is 9.67 Å². The van der Waals surface area contributed by atoms with Crippen LogP contribution in [0.1, 0.15) is 54.1 Å². The molecule has 1 amide bonds. The van der Waals surface area contributed by atoms with Crippen molar-refractivity contribution in [2.24, 2.45) is 5.92 Å². The SMILES string of the molecule is C/C(=C/n1nc([C@@H]2CCCCN2C(=O)c2nc(Cl)ccc2Cl)cc1C)C(=N)N1C[C@@H](C=N)[C@@H](O)C1. The molecular weight excluding hydrogens is 489 g/mol. The Bertz CT molecular complexity index is 1180. The quantitative estimate of drug-likeness (QED) is 0.313. The number of pyridine rings is 1. The zero-order valence-electron chi connectivity index (χ0n) is 19.7. The number of aliphatic hydroxyl groups excluding tert-OH is 1. The molecule has 2 aliphatic rings. The Labute approximate surface area is 214 Å². The van der Waals surface area contributed by atoms with Crippen molar-refractivity contribution in [3.63, 3.8) is 0 Å². The maximum absolute atomic E-state index is 13.3. The topological polar surface area (TPSA) is 122 Å². The van der Waals surface area contributed by atoms with Crippen LogP contribution < -0.4 is 0 Å². The van der Waals surface area contributed by atoms with Crippen LogP contribution >= 0.6 is 23.2 Å². The summed E-state index contributed by atoms with van der Waals surface area (Å²) in [6.07, 6.45) is 5.02. The highest BCUT2D eigenvalue weighted by Gasteiger charge is 2.33. The summed E-state index contributed by atoms with van der Waals surface area (Å²) in [5.74, 6) is -0.240. The van der Waals surface area contributed by atoms with Crippen molar-refractivity contribution in [3.8, 4) is 0 Å². The maximum Gasteiger partial charge on any atom is 0.274 e. The maximum atomic E-state index is 13.3. The Hall–Kier alpha value is -2.75. The van der Waals surface area contributed by atoms with E-state index in [1.54, 1.807) is 32.8 Å². The normalized spacial score (nSPS) is 23.0. The number of hydrogen-bond donors (Lipinski definition) is 3. The molecule has 2 saturated heterocycles. The Balaban J connectivity index is 1.56. The first-order valence-electron chi connectivity index (χ1n) is 11.6. The van der Waals surface area contributed by atoms with Gasteiger partial charge in [0.2, 0.25) is 0 Å². The van der Waals surface area contributed by atoms with Crippen molar-refractivity contribution in [3.05, 3.63) is 51.0 Å². The van der Waals surface area contributed by atoms with Crippen LogP contribution in [0.25, 0.3) is 6.20 Å². The second-order valence-electron chi connectivity index (χ2n) is 9.09. The molecule has 2 fully saturated rings. The highest BCUT2D eigenvalue weighted by Crippen LogP contribution is 2.33. The van der Waals surface area contributed by atoms with Gasteiger partial charge in [-0.15, -0.1) is 0 Å². The van der Waals surface area contributed by atoms with Crippen LogP contribution in [0.5, 0.6) is 0 Å². The molecule has 0 aliphatic carbocycles. The lowest BCUT2D eigenvalue weighted by Gasteiger charge is -2.34. The average Bonchev–Trinajstić information content (AvgIpc) is 3.41. The van der Waals surface area contributed by atoms with Gasteiger partial charge in [0.25, 0.3) is 5.91 Å². The van der Waals surface area contributed by atoms with Gasteiger partial charge in [-0.05, 0) is 51.3 Å². The van der Waals surface area contributed by atoms with E-state index < -0.39 is 6.10 Å². The Morgan fingerprint density at radius 3 is 2.74 bits per heavy atom. The summed E-state index contributed by atoms with van der Waals surface area (Å²) >= 11 is 12.3. The van der Waals surface area contributed by atoms with Crippen LogP contribution in [0.4, 0.5) is 0 Å². The first-order valence-corrected chi connectivity index (χ1v) is 12.3. The van der Waals surface area contributed by atoms with E-state index in [-0.39, 0.29) is 33.7 Å². The molecule has 2 aromatic rings. The van der Waals surface area contributed by atoms with Crippen molar-refractivity contribution in [1.82, 2.24) is 24.6 Å². The molecule has 2 aliphatic heterocycles. The number of aryl methyl sites for hydroxylation is 1. The average molecular weight is 518 g/mol. The molecular formula is C24H29Cl2N7O2. The van der Waals surface area contributed by atoms with Gasteiger partial charge in [-0.1, -0.05) is 23.2 Å². The Morgan fingerprint density at radius 2 is 2.03 bits per heavy atom. The van der Waals surface area contributed by atoms with Crippen LogP contribution in [-0.4, -0.2) is 73.4 Å². The van der Waals surface area contributed by atoms with Gasteiger partial charge >= 0.3 is 0 Å². The van der Waals surface area contributed by atoms with Crippen molar-refractivity contribution in [2.45, 2.75) is 45.3 Å². The highest BCUT2D eigenvalue weighted by molar-refractivity contribution is 6.34. The molecule has 2 aromatic heterocycles. The number of carbonyl (C=O) groups is 1. The fourth-order valence-electron chi connectivity index (χ4n) is 4.64. The number of β-amino-alcohol motifs (C(OH)–C–C–N with tert-alkyl or cyclic N) is 1. The highest BCUT2D eigenvalue weighted by atomic mass is 35.5. The third-order valence-electron chi connectivity index (χ3n) is 6.61. The lowest BCUT2D eigenvalue weighted by molar-refractivity contribution is 0.0599. The van der Waals surface area contributed by atoms with Crippen LogP contribution in [0, 0.1) is 23.7 Å². The van der Waals surface area contributed by atoms with Gasteiger partial charge in [0.05, 0.1) is 22.9 Å². The standard InChI is InChI=1S/C24H29Cl2N7O2/c1-14(23(28)31-12-16(10-27)20(34)13-31)11-33-15(2)9-18(30-33)19-5-3-4-8-32(19)24(35)22-17(25)6-7-21(26)29-22/h6-7,9-11,16,19-20,27-28,34H,3-5,8,12-13H2,1-2H3/b14-11-,27-10?,28-23?/t16-,19+,20+/m1/s1. The zero-order chi connectivity index (χ0) is 25.3. The van der Waals surface area contributed by atoms with Crippen LogP contribution in [0.3, 0.4) is 0 Å². The van der Waals surface area contributed by atoms with E-state index in [1.807, 2.05) is 19.9 Å². The molecule has 0 aromatic carbocycles. The van der Waals surface area contributed by atoms with Crippen molar-refractivity contribution >= 4 is 47.4 Å². The van der Waals surface area contributed by atoms with Gasteiger partial charge in [0.15, 0.2) is 0 Å². The number of hydrogen-bond acceptors (Lipinski definition) is 6. The van der Waals surface area contributed by atoms with Gasteiger partial charge in [0.1, 0.15) is 16.7 Å². The predicted octanol–water partition coefficient (Wildman–Crippen LogP) is 4.04. The molecule has 186 valence electrons. The number of aliphatic hydroxyl groups is 1. The summed E-state index contributed by atoms with van der Waals surface area (Å²) in [4.78, 5) is 21.0. The second kappa shape index (κ2) is 10.5. The number of likely N-dealkylation sites (tertiary alicyclic amines) is 2. The van der Waals surface area contributed by atoms with E-state index >= 15 is 0 Å². The van der Waals surface area contributed by atoms with Crippen LogP contribution in [0.2, 0.25) is 10.2 Å². The summed E-state index contributed by atoms with van der Waals surface area (Å²) in [7, 11) is 0. The van der Waals surface area contributed by atoms with E-state index in [0.29, 0.717) is 31.0 Å². The van der Waals surface area contributed by atoms with Gasteiger partial charge < -0.3 is 20.3 Å². The largest absolute Gasteiger partial charge is 0.391 e. The molecule has 9 nitrogen and oxygen atoms in total. The minimum absolute atomic E-state index is 0.141. The second-order valence-corrected chi connectivity index (χ2v) is 9.89. The molecule has 0 radical (unpaired) electrons. The summed E-state index contributed by atoms with van der Waals surface area (Å²) in [5, 5.41) is 31.3. The number of piperidine rings is 1. The summed E-state index contributed by atoms with van der Waals surface area (Å²) in [6.45, 7) is 5.10. The number of nitrogens with zero attached hydrogens (tertiary/aromatic N) is 5. The van der Waals surface area contributed by atoms with Crippen LogP contribution in [-0.2, 0) is 0 Å². The van der Waals surface area contributed by atoms with E-state index in [2.05, 4.69) is 4.98 Å². The summed E-state index contributed by atoms with van der Waals surface area (Å²) in [6, 6.07) is 4.87. The lowest BCUT2D eigenvalue weighted by atomic mass is 9.98. The molecule has 0 saturated carbocycles. The monoisotopic (exact) mass is 517 g/mol. The smallest absolute Gasteiger partial charge is 0.274 e.